The number of carbonyl (C=O) groups is 2. The van der Waals surface area contributed by atoms with E-state index in [0.29, 0.717) is 17.4 Å². The number of amides is 2. The third-order valence-electron chi connectivity index (χ3n) is 3.62. The van der Waals surface area contributed by atoms with Gasteiger partial charge in [-0.05, 0) is 54.8 Å². The molecule has 1 fully saturated rings. The second-order valence-corrected chi connectivity index (χ2v) is 7.08. The summed E-state index contributed by atoms with van der Waals surface area (Å²) in [5.41, 5.74) is 0.886. The van der Waals surface area contributed by atoms with Crippen molar-refractivity contribution in [3.05, 3.63) is 34.7 Å². The highest BCUT2D eigenvalue weighted by Crippen LogP contribution is 2.34. The smallest absolute Gasteiger partial charge is 0.293 e. The molecular formula is C18H23NO3S. The largest absolute Gasteiger partial charge is 0.493 e. The number of nitrogens with zero attached hydrogens (tertiary/aromatic N) is 1. The maximum Gasteiger partial charge on any atom is 0.293 e. The van der Waals surface area contributed by atoms with E-state index in [2.05, 4.69) is 13.8 Å². The Kier molecular flexibility index (Phi) is 5.88. The van der Waals surface area contributed by atoms with E-state index in [9.17, 15) is 9.59 Å². The third-order valence-corrected chi connectivity index (χ3v) is 4.50. The minimum atomic E-state index is -0.200. The normalized spacial score (nSPS) is 18.1. The molecule has 1 saturated heterocycles. The molecule has 0 aromatic heterocycles. The zero-order valence-electron chi connectivity index (χ0n) is 14.0. The Balaban J connectivity index is 2.10. The number of hydrogen-bond donors (Lipinski definition) is 0. The zero-order valence-corrected chi connectivity index (χ0v) is 14.9. The Hall–Kier alpha value is -1.75. The maximum absolute atomic E-state index is 12.4. The van der Waals surface area contributed by atoms with Gasteiger partial charge in [0, 0.05) is 6.04 Å². The molecule has 1 aromatic carbocycles. The van der Waals surface area contributed by atoms with Crippen molar-refractivity contribution in [2.24, 2.45) is 5.92 Å². The summed E-state index contributed by atoms with van der Waals surface area (Å²) in [7, 11) is 0. The van der Waals surface area contributed by atoms with E-state index >= 15 is 0 Å². The number of imide groups is 1. The second kappa shape index (κ2) is 7.68. The van der Waals surface area contributed by atoms with Crippen molar-refractivity contribution in [2.75, 3.05) is 6.61 Å². The molecular weight excluding hydrogens is 310 g/mol. The summed E-state index contributed by atoms with van der Waals surface area (Å²) < 4.78 is 5.64. The van der Waals surface area contributed by atoms with Crippen LogP contribution in [-0.4, -0.2) is 28.7 Å². The predicted molar refractivity (Wildman–Crippen MR) is 94.3 cm³/mol. The molecule has 0 unspecified atom stereocenters. The molecule has 2 rings (SSSR count). The van der Waals surface area contributed by atoms with E-state index in [4.69, 9.17) is 4.74 Å². The lowest BCUT2D eigenvalue weighted by atomic mass is 10.2. The fraction of sp³-hybridized carbons (Fsp3) is 0.444. The van der Waals surface area contributed by atoms with E-state index < -0.39 is 0 Å². The summed E-state index contributed by atoms with van der Waals surface area (Å²) in [5.74, 6) is 1.08. The molecule has 0 bridgehead atoms. The van der Waals surface area contributed by atoms with Crippen molar-refractivity contribution in [2.45, 2.75) is 40.2 Å². The number of benzene rings is 1. The van der Waals surface area contributed by atoms with Crippen LogP contribution in [0, 0.1) is 5.92 Å². The van der Waals surface area contributed by atoms with Crippen molar-refractivity contribution in [1.29, 1.82) is 0 Å². The van der Waals surface area contributed by atoms with Crippen LogP contribution >= 0.6 is 11.8 Å². The molecule has 0 spiro atoms. The molecule has 1 aliphatic rings. The Bertz CT molecular complexity index is 607. The van der Waals surface area contributed by atoms with Gasteiger partial charge in [-0.15, -0.1) is 0 Å². The minimum Gasteiger partial charge on any atom is -0.493 e. The summed E-state index contributed by atoms with van der Waals surface area (Å²) in [6, 6.07) is 7.49. The number of carbonyl (C=O) groups excluding carboxylic acids is 2. The van der Waals surface area contributed by atoms with E-state index in [1.54, 1.807) is 6.08 Å². The van der Waals surface area contributed by atoms with Gasteiger partial charge in [-0.2, -0.15) is 0 Å². The van der Waals surface area contributed by atoms with Crippen LogP contribution in [0.5, 0.6) is 5.75 Å². The molecule has 1 aliphatic heterocycles. The van der Waals surface area contributed by atoms with Gasteiger partial charge in [-0.3, -0.25) is 14.5 Å². The molecule has 1 aromatic rings. The van der Waals surface area contributed by atoms with E-state index in [0.717, 1.165) is 29.5 Å². The van der Waals surface area contributed by atoms with Crippen molar-refractivity contribution >= 4 is 29.0 Å². The van der Waals surface area contributed by atoms with Crippen LogP contribution in [0.2, 0.25) is 0 Å². The molecule has 0 saturated carbocycles. The van der Waals surface area contributed by atoms with Crippen LogP contribution in [0.25, 0.3) is 6.08 Å². The Morgan fingerprint density at radius 1 is 1.17 bits per heavy atom. The van der Waals surface area contributed by atoms with Crippen LogP contribution in [0.3, 0.4) is 0 Å². The molecule has 0 aliphatic carbocycles. The molecule has 2 amide bonds. The van der Waals surface area contributed by atoms with Crippen LogP contribution in [0.1, 0.15) is 39.7 Å². The number of ether oxygens (including phenoxy) is 1. The predicted octanol–water partition coefficient (Wildman–Crippen LogP) is 4.56. The molecule has 4 nitrogen and oxygen atoms in total. The SMILES string of the molecule is CC[C@H](C)N1C(=O)S/C(=C/c2ccc(OCC(C)C)cc2)C1=O. The lowest BCUT2D eigenvalue weighted by molar-refractivity contribution is -0.124. The Morgan fingerprint density at radius 2 is 1.83 bits per heavy atom. The first-order valence-electron chi connectivity index (χ1n) is 7.92. The van der Waals surface area contributed by atoms with Crippen molar-refractivity contribution < 1.29 is 14.3 Å². The van der Waals surface area contributed by atoms with Crippen LogP contribution < -0.4 is 4.74 Å². The topological polar surface area (TPSA) is 46.6 Å². The fourth-order valence-corrected chi connectivity index (χ4v) is 3.05. The number of rotatable bonds is 6. The minimum absolute atomic E-state index is 0.0693. The van der Waals surface area contributed by atoms with Crippen molar-refractivity contribution in [3.63, 3.8) is 0 Å². The van der Waals surface area contributed by atoms with E-state index in [-0.39, 0.29) is 17.2 Å². The van der Waals surface area contributed by atoms with Gasteiger partial charge in [0.05, 0.1) is 11.5 Å². The maximum atomic E-state index is 12.4. The zero-order chi connectivity index (χ0) is 17.0. The average molecular weight is 333 g/mol. The van der Waals surface area contributed by atoms with Gasteiger partial charge in [0.25, 0.3) is 11.1 Å². The van der Waals surface area contributed by atoms with Crippen LogP contribution in [-0.2, 0) is 4.79 Å². The molecule has 0 radical (unpaired) electrons. The highest BCUT2D eigenvalue weighted by molar-refractivity contribution is 8.18. The first-order valence-corrected chi connectivity index (χ1v) is 8.74. The second-order valence-electron chi connectivity index (χ2n) is 6.08. The van der Waals surface area contributed by atoms with Crippen molar-refractivity contribution in [1.82, 2.24) is 4.90 Å². The van der Waals surface area contributed by atoms with Crippen molar-refractivity contribution in [3.8, 4) is 5.75 Å². The van der Waals surface area contributed by atoms with Gasteiger partial charge in [-0.1, -0.05) is 32.9 Å². The van der Waals surface area contributed by atoms with Gasteiger partial charge in [0.2, 0.25) is 0 Å². The standard InChI is InChI=1S/C18H23NO3S/c1-5-13(4)19-17(20)16(23-18(19)21)10-14-6-8-15(9-7-14)22-11-12(2)3/h6-10,12-13H,5,11H2,1-4H3/b16-10+/t13-/m0/s1. The third kappa shape index (κ3) is 4.38. The lowest BCUT2D eigenvalue weighted by Crippen LogP contribution is -2.36. The Morgan fingerprint density at radius 3 is 2.39 bits per heavy atom. The summed E-state index contributed by atoms with van der Waals surface area (Å²) in [6.45, 7) is 8.73. The number of thioether (sulfide) groups is 1. The molecule has 0 N–H and O–H groups in total. The summed E-state index contributed by atoms with van der Waals surface area (Å²) in [5, 5.41) is -0.188. The van der Waals surface area contributed by atoms with Gasteiger partial charge < -0.3 is 4.74 Å². The fourth-order valence-electron chi connectivity index (χ4n) is 2.12. The summed E-state index contributed by atoms with van der Waals surface area (Å²) >= 11 is 1.01. The molecule has 1 heterocycles. The molecule has 1 atom stereocenters. The first kappa shape index (κ1) is 17.6. The number of hydrogen-bond acceptors (Lipinski definition) is 4. The lowest BCUT2D eigenvalue weighted by Gasteiger charge is -2.19. The van der Waals surface area contributed by atoms with Gasteiger partial charge in [0.15, 0.2) is 0 Å². The average Bonchev–Trinajstić information content (AvgIpc) is 2.80. The van der Waals surface area contributed by atoms with E-state index in [1.807, 2.05) is 38.1 Å². The van der Waals surface area contributed by atoms with Crippen LogP contribution in [0.4, 0.5) is 4.79 Å². The highest BCUT2D eigenvalue weighted by Gasteiger charge is 2.37. The quantitative estimate of drug-likeness (QED) is 0.716. The van der Waals surface area contributed by atoms with Crippen LogP contribution in [0.15, 0.2) is 29.2 Å². The molecule has 23 heavy (non-hydrogen) atoms. The first-order chi connectivity index (χ1) is 10.9. The van der Waals surface area contributed by atoms with Gasteiger partial charge in [-0.25, -0.2) is 0 Å². The van der Waals surface area contributed by atoms with Gasteiger partial charge in [0.1, 0.15) is 5.75 Å². The highest BCUT2D eigenvalue weighted by atomic mass is 32.2. The summed E-state index contributed by atoms with van der Waals surface area (Å²) in [4.78, 5) is 26.2. The monoisotopic (exact) mass is 333 g/mol. The molecule has 124 valence electrons. The summed E-state index contributed by atoms with van der Waals surface area (Å²) in [6.07, 6.45) is 2.52. The van der Waals surface area contributed by atoms with E-state index in [1.165, 1.54) is 4.90 Å². The Labute approximate surface area is 141 Å². The molecule has 5 heteroatoms. The van der Waals surface area contributed by atoms with Gasteiger partial charge >= 0.3 is 0 Å².